The molecule has 5 nitrogen and oxygen atoms in total. The minimum atomic E-state index is -1.67. The molecule has 0 unspecified atom stereocenters. The van der Waals surface area contributed by atoms with Gasteiger partial charge in [-0.25, -0.2) is 4.98 Å². The van der Waals surface area contributed by atoms with E-state index in [1.54, 1.807) is 63.9 Å². The number of hydrogen-bond donors (Lipinski definition) is 0. The van der Waals surface area contributed by atoms with Crippen LogP contribution in [0.1, 0.15) is 42.8 Å². The van der Waals surface area contributed by atoms with E-state index >= 15 is 0 Å². The molecule has 318 valence electrons. The van der Waals surface area contributed by atoms with E-state index < -0.39 is 72.2 Å². The van der Waals surface area contributed by atoms with Crippen LogP contribution >= 0.6 is 0 Å². The Hall–Kier alpha value is -7.33. The predicted molar refractivity (Wildman–Crippen MR) is 259 cm³/mol. The van der Waals surface area contributed by atoms with Gasteiger partial charge in [0.2, 0.25) is 0 Å². The molecule has 0 aliphatic rings. The number of hydrogen-bond acceptors (Lipinski definition) is 2. The first kappa shape index (κ1) is 29.9. The molecule has 0 atom stereocenters. The van der Waals surface area contributed by atoms with Crippen molar-refractivity contribution >= 4 is 32.8 Å². The molecule has 0 fully saturated rings. The molecule has 11 rings (SSSR count). The van der Waals surface area contributed by atoms with Gasteiger partial charge in [0.15, 0.2) is 0 Å². The third kappa shape index (κ3) is 8.09. The van der Waals surface area contributed by atoms with Crippen LogP contribution in [0.3, 0.4) is 0 Å². The molecule has 0 aliphatic carbocycles. The van der Waals surface area contributed by atoms with Gasteiger partial charge in [-0.2, -0.15) is 18.2 Å². The third-order valence-corrected chi connectivity index (χ3v) is 10.8. The van der Waals surface area contributed by atoms with E-state index in [4.69, 9.17) is 26.2 Å². The van der Waals surface area contributed by atoms with Crippen LogP contribution in [0.15, 0.2) is 200 Å². The molecule has 0 aliphatic heterocycles. The number of pyridine rings is 1. The number of para-hydroxylation sites is 2. The monoisotopic (exact) mass is 1030 g/mol. The second-order valence-electron chi connectivity index (χ2n) is 16.3. The second-order valence-corrected chi connectivity index (χ2v) is 16.3. The zero-order chi connectivity index (χ0) is 53.7. The van der Waals surface area contributed by atoms with Crippen molar-refractivity contribution in [2.24, 2.45) is 5.41 Å². The maximum Gasteiger partial charge on any atom is 0.268 e. The van der Waals surface area contributed by atoms with Crippen LogP contribution < -0.4 is 9.30 Å². The van der Waals surface area contributed by atoms with Gasteiger partial charge < -0.3 is 13.9 Å². The van der Waals surface area contributed by atoms with E-state index in [1.165, 1.54) is 0 Å². The summed E-state index contributed by atoms with van der Waals surface area (Å²) in [5, 5.41) is 1.83. The van der Waals surface area contributed by atoms with Crippen molar-refractivity contribution in [2.45, 2.75) is 27.1 Å². The summed E-state index contributed by atoms with van der Waals surface area (Å²) in [5.74, 6) is 1.17. The summed E-state index contributed by atoms with van der Waals surface area (Å²) in [6, 6.07) is 42.0. The van der Waals surface area contributed by atoms with Gasteiger partial charge in [0.1, 0.15) is 5.82 Å². The van der Waals surface area contributed by atoms with Gasteiger partial charge in [0, 0.05) is 47.0 Å². The number of imidazole rings is 1. The third-order valence-electron chi connectivity index (χ3n) is 10.8. The Bertz CT molecular complexity index is 4050. The summed E-state index contributed by atoms with van der Waals surface area (Å²) in [5.41, 5.74) is 4.50. The molecule has 0 saturated heterocycles. The number of aromatic nitrogens is 4. The zero-order valence-electron chi connectivity index (χ0n) is 47.3. The molecule has 3 heterocycles. The van der Waals surface area contributed by atoms with Crippen LogP contribution in [0.2, 0.25) is 0 Å². The number of rotatable bonds is 9. The SMILES string of the molecule is [2H]c1c([2H])c([2H])c(-c2cccc(-c3c([2H])c([2H])c([2H])c([2H])c3[2H])c2-[n+]2[c-]n(-c3[c-]c(Oc4[c-]c5c(cc4)c4ccccc4n5-c4cc(C([2H])([2H])C(C)(C)C)ccn4)ccc3)c3ccc(-c4ccccc4)cc32)c([2H])c1[2H].[Pt]. The minimum Gasteiger partial charge on any atom is -0.510 e. The van der Waals surface area contributed by atoms with E-state index in [1.807, 2.05) is 110 Å². The fourth-order valence-electron chi connectivity index (χ4n) is 8.19. The molecular weight excluding hydrogens is 976 g/mol. The fraction of sp³-hybridized carbons (Fsp3) is 0.0847. The summed E-state index contributed by atoms with van der Waals surface area (Å²) >= 11 is 0. The van der Waals surface area contributed by atoms with Crippen LogP contribution in [0.5, 0.6) is 11.5 Å². The molecule has 6 heteroatoms. The van der Waals surface area contributed by atoms with Gasteiger partial charge >= 0.3 is 0 Å². The molecule has 0 bridgehead atoms. The van der Waals surface area contributed by atoms with Crippen LogP contribution in [-0.2, 0) is 27.4 Å². The maximum atomic E-state index is 9.14. The number of ether oxygens (including phenoxy) is 1. The Morgan fingerprint density at radius 3 is 2.06 bits per heavy atom. The molecule has 0 N–H and O–H groups in total. The summed E-state index contributed by atoms with van der Waals surface area (Å²) in [6.45, 7) is 5.60. The van der Waals surface area contributed by atoms with Crippen molar-refractivity contribution in [1.29, 1.82) is 0 Å². The number of benzene rings is 8. The average molecular weight is 1030 g/mol. The van der Waals surface area contributed by atoms with Gasteiger partial charge in [0.25, 0.3) is 6.33 Å². The van der Waals surface area contributed by atoms with E-state index in [2.05, 4.69) is 18.5 Å². The average Bonchev–Trinajstić information content (AvgIpc) is 4.01. The van der Waals surface area contributed by atoms with Gasteiger partial charge in [-0.3, -0.25) is 4.57 Å². The molecule has 0 amide bonds. The normalized spacial score (nSPS) is 14.4. The topological polar surface area (TPSA) is 35.9 Å². The van der Waals surface area contributed by atoms with Gasteiger partial charge in [-0.05, 0) is 86.1 Å². The molecule has 11 aromatic rings. The van der Waals surface area contributed by atoms with Crippen LogP contribution in [-0.4, -0.2) is 14.1 Å². The first-order chi connectivity index (χ1) is 36.3. The quantitative estimate of drug-likeness (QED) is 0.107. The second kappa shape index (κ2) is 17.3. The molecule has 0 saturated carbocycles. The summed E-state index contributed by atoms with van der Waals surface area (Å²) in [6.07, 6.45) is 3.40. The maximum absolute atomic E-state index is 9.14. The van der Waals surface area contributed by atoms with E-state index in [0.717, 1.165) is 27.4 Å². The molecule has 3 aromatic heterocycles. The standard InChI is InChI=1S/C59H44N4O.Pt/c1-59(2,3)39-41-33-34-60-57(35-41)63-53-28-14-13-25-51(53)52-31-30-48(38-55(52)63)64-47-24-15-23-46(37-47)61-40-62(56-36-45(29-32-54(56)61)42-17-7-4-8-18-42)58-49(43-19-9-5-10-20-43)26-16-27-50(58)44-21-11-6-12-22-44;/h4-36H,39H2,1-3H3;/q-2;/i5D,6D,9D,10D,11D,12D,19D,20D,21D,22D,39D2;. The van der Waals surface area contributed by atoms with Crippen LogP contribution in [0.25, 0.3) is 83.4 Å². The molecule has 8 aromatic carbocycles. The summed E-state index contributed by atoms with van der Waals surface area (Å²) in [4.78, 5) is 4.73. The van der Waals surface area contributed by atoms with Gasteiger partial charge in [-0.1, -0.05) is 166 Å². The Kier molecular flexibility index (Phi) is 7.98. The van der Waals surface area contributed by atoms with Crippen molar-refractivity contribution < 1.29 is 46.8 Å². The van der Waals surface area contributed by atoms with E-state index in [0.29, 0.717) is 45.1 Å². The first-order valence-corrected chi connectivity index (χ1v) is 20.7. The summed E-state index contributed by atoms with van der Waals surface area (Å²) < 4.78 is 118. The van der Waals surface area contributed by atoms with Crippen molar-refractivity contribution in [3.8, 4) is 62.1 Å². The van der Waals surface area contributed by atoms with Crippen molar-refractivity contribution in [1.82, 2.24) is 14.1 Å². The van der Waals surface area contributed by atoms with Crippen molar-refractivity contribution in [2.75, 3.05) is 0 Å². The predicted octanol–water partition coefficient (Wildman–Crippen LogP) is 14.2. The molecular formula is C59H44N4OPt-2. The van der Waals surface area contributed by atoms with Crippen LogP contribution in [0, 0.1) is 23.9 Å². The molecule has 65 heavy (non-hydrogen) atoms. The Labute approximate surface area is 411 Å². The Morgan fingerprint density at radius 2 is 1.32 bits per heavy atom. The minimum absolute atomic E-state index is 0. The van der Waals surface area contributed by atoms with Gasteiger partial charge in [0.05, 0.1) is 30.4 Å². The fourth-order valence-corrected chi connectivity index (χ4v) is 8.19. The molecule has 0 radical (unpaired) electrons. The first-order valence-electron chi connectivity index (χ1n) is 26.7. The van der Waals surface area contributed by atoms with E-state index in [9.17, 15) is 0 Å². The summed E-state index contributed by atoms with van der Waals surface area (Å²) in [7, 11) is 0. The van der Waals surface area contributed by atoms with Gasteiger partial charge in [-0.15, -0.1) is 29.7 Å². The van der Waals surface area contributed by atoms with Crippen LogP contribution in [0.4, 0.5) is 0 Å². The van der Waals surface area contributed by atoms with E-state index in [-0.39, 0.29) is 49.0 Å². The molecule has 0 spiro atoms. The Morgan fingerprint density at radius 1 is 0.631 bits per heavy atom. The number of nitrogens with zero attached hydrogens (tertiary/aromatic N) is 4. The Balaban J connectivity index is 0.00000672. The number of fused-ring (bicyclic) bond motifs is 4. The largest absolute Gasteiger partial charge is 0.510 e. The van der Waals surface area contributed by atoms with Crippen molar-refractivity contribution in [3.05, 3.63) is 224 Å². The zero-order valence-corrected chi connectivity index (χ0v) is 37.6. The smallest absolute Gasteiger partial charge is 0.268 e. The van der Waals surface area contributed by atoms with Crippen molar-refractivity contribution in [3.63, 3.8) is 0 Å².